The molecule has 0 aliphatic carbocycles. The van der Waals surface area contributed by atoms with Gasteiger partial charge in [0.05, 0.1) is 13.2 Å². The van der Waals surface area contributed by atoms with Crippen LogP contribution >= 0.6 is 0 Å². The van der Waals surface area contributed by atoms with Crippen molar-refractivity contribution in [3.63, 3.8) is 0 Å². The maximum absolute atomic E-state index is 12.5. The van der Waals surface area contributed by atoms with Gasteiger partial charge in [-0.25, -0.2) is 4.79 Å². The van der Waals surface area contributed by atoms with Gasteiger partial charge in [0, 0.05) is 18.8 Å². The molecule has 0 spiro atoms. The number of nitrogens with one attached hydrogen (secondary N) is 2. The summed E-state index contributed by atoms with van der Waals surface area (Å²) in [6.07, 6.45) is 2.19. The number of urea groups is 1. The summed E-state index contributed by atoms with van der Waals surface area (Å²) < 4.78 is 5.46. The molecule has 1 aliphatic rings. The molecule has 0 aromatic heterocycles. The van der Waals surface area contributed by atoms with Crippen molar-refractivity contribution in [3.05, 3.63) is 29.8 Å². The number of ether oxygens (including phenoxy) is 1. The number of rotatable bonds is 7. The third kappa shape index (κ3) is 5.50. The number of anilines is 1. The number of amides is 3. The summed E-state index contributed by atoms with van der Waals surface area (Å²) in [4.78, 5) is 25.4. The van der Waals surface area contributed by atoms with E-state index in [4.69, 9.17) is 10.5 Å². The topological polar surface area (TPSA) is 96.7 Å². The van der Waals surface area contributed by atoms with Crippen LogP contribution in [-0.2, 0) is 16.1 Å². The van der Waals surface area contributed by atoms with Crippen LogP contribution in [-0.4, -0.2) is 49.2 Å². The van der Waals surface area contributed by atoms with E-state index in [0.29, 0.717) is 25.4 Å². The molecular weight excluding hydrogens is 308 g/mol. The lowest BCUT2D eigenvalue weighted by molar-refractivity contribution is -0.132. The molecule has 1 aliphatic heterocycles. The van der Waals surface area contributed by atoms with Gasteiger partial charge in [0.2, 0.25) is 5.91 Å². The Balaban J connectivity index is 1.85. The second-order valence-electron chi connectivity index (χ2n) is 5.88. The number of unbranched alkanes of at least 4 members (excludes halogenated alkanes) is 1. The Hall–Kier alpha value is -2.12. The average molecular weight is 334 g/mol. The highest BCUT2D eigenvalue weighted by atomic mass is 16.5. The van der Waals surface area contributed by atoms with Crippen molar-refractivity contribution in [3.8, 4) is 0 Å². The van der Waals surface area contributed by atoms with Gasteiger partial charge in [0.15, 0.2) is 0 Å². The first-order valence-electron chi connectivity index (χ1n) is 8.35. The van der Waals surface area contributed by atoms with Gasteiger partial charge in [-0.1, -0.05) is 25.5 Å². The molecule has 24 heavy (non-hydrogen) atoms. The minimum absolute atomic E-state index is 0.00913. The number of carbonyl (C=O) groups excluding carboxylic acids is 2. The summed E-state index contributed by atoms with van der Waals surface area (Å²) in [6.45, 7) is 5.43. The zero-order chi connectivity index (χ0) is 17.4. The molecule has 3 amide bonds. The van der Waals surface area contributed by atoms with Crippen LogP contribution in [0.5, 0.6) is 0 Å². The molecule has 7 nitrogen and oxygen atoms in total. The van der Waals surface area contributed by atoms with Crippen LogP contribution in [0.1, 0.15) is 25.3 Å². The van der Waals surface area contributed by atoms with E-state index in [1.165, 1.54) is 0 Å². The van der Waals surface area contributed by atoms with Crippen molar-refractivity contribution in [1.82, 2.24) is 10.2 Å². The zero-order valence-corrected chi connectivity index (χ0v) is 14.1. The van der Waals surface area contributed by atoms with Gasteiger partial charge < -0.3 is 21.1 Å². The number of hydrogen-bond donors (Lipinski definition) is 3. The summed E-state index contributed by atoms with van der Waals surface area (Å²) in [5.41, 5.74) is 6.65. The summed E-state index contributed by atoms with van der Waals surface area (Å²) in [5, 5.41) is 5.46. The number of hydrogen-bond acceptors (Lipinski definition) is 4. The second kappa shape index (κ2) is 9.24. The van der Waals surface area contributed by atoms with Gasteiger partial charge >= 0.3 is 6.03 Å². The third-order valence-electron chi connectivity index (χ3n) is 4.03. The molecule has 1 atom stereocenters. The van der Waals surface area contributed by atoms with Gasteiger partial charge in [-0.15, -0.1) is 0 Å². The number of nitrogens with zero attached hydrogens (tertiary/aromatic N) is 1. The molecule has 1 heterocycles. The van der Waals surface area contributed by atoms with E-state index < -0.39 is 6.03 Å². The first-order chi connectivity index (χ1) is 11.6. The van der Waals surface area contributed by atoms with E-state index in [9.17, 15) is 9.59 Å². The number of morpholine rings is 1. The predicted octanol–water partition coefficient (Wildman–Crippen LogP) is 1.29. The Labute approximate surface area is 142 Å². The quantitative estimate of drug-likeness (QED) is 0.700. The Kier molecular flexibility index (Phi) is 7.02. The first-order valence-corrected chi connectivity index (χ1v) is 8.35. The Morgan fingerprint density at radius 2 is 2.08 bits per heavy atom. The molecular formula is C17H26N4O3. The highest BCUT2D eigenvalue weighted by Crippen LogP contribution is 2.11. The maximum Gasteiger partial charge on any atom is 0.316 e. The lowest BCUT2D eigenvalue weighted by Crippen LogP contribution is -2.53. The Morgan fingerprint density at radius 1 is 1.33 bits per heavy atom. The van der Waals surface area contributed by atoms with Crippen LogP contribution in [0.25, 0.3) is 0 Å². The second-order valence-corrected chi connectivity index (χ2v) is 5.88. The minimum atomic E-state index is -0.597. The summed E-state index contributed by atoms with van der Waals surface area (Å²) in [5.74, 6) is -0.00913. The SMILES string of the molecule is CCCCN1CCOC[C@H]1C(=O)NCc1ccc(NC(N)=O)cc1. The molecule has 1 fully saturated rings. The highest BCUT2D eigenvalue weighted by molar-refractivity contribution is 5.87. The number of nitrogens with two attached hydrogens (primary N) is 1. The fourth-order valence-corrected chi connectivity index (χ4v) is 2.66. The van der Waals surface area contributed by atoms with Crippen LogP contribution in [0.15, 0.2) is 24.3 Å². The van der Waals surface area contributed by atoms with Crippen molar-refractivity contribution in [1.29, 1.82) is 0 Å². The largest absolute Gasteiger partial charge is 0.378 e. The molecule has 1 aromatic carbocycles. The molecule has 0 unspecified atom stereocenters. The van der Waals surface area contributed by atoms with Crippen LogP contribution in [0, 0.1) is 0 Å². The average Bonchev–Trinajstić information content (AvgIpc) is 2.59. The van der Waals surface area contributed by atoms with E-state index in [-0.39, 0.29) is 11.9 Å². The fraction of sp³-hybridized carbons (Fsp3) is 0.529. The number of carbonyl (C=O) groups is 2. The smallest absolute Gasteiger partial charge is 0.316 e. The monoisotopic (exact) mass is 334 g/mol. The van der Waals surface area contributed by atoms with Gasteiger partial charge in [-0.05, 0) is 30.7 Å². The van der Waals surface area contributed by atoms with Crippen molar-refractivity contribution in [2.45, 2.75) is 32.4 Å². The molecule has 1 saturated heterocycles. The molecule has 0 radical (unpaired) electrons. The van der Waals surface area contributed by atoms with Crippen molar-refractivity contribution < 1.29 is 14.3 Å². The van der Waals surface area contributed by atoms with Gasteiger partial charge in [0.1, 0.15) is 6.04 Å². The highest BCUT2D eigenvalue weighted by Gasteiger charge is 2.28. The molecule has 2 rings (SSSR count). The molecule has 7 heteroatoms. The third-order valence-corrected chi connectivity index (χ3v) is 4.03. The van der Waals surface area contributed by atoms with E-state index in [0.717, 1.165) is 31.5 Å². The van der Waals surface area contributed by atoms with Crippen LogP contribution < -0.4 is 16.4 Å². The van der Waals surface area contributed by atoms with Gasteiger partial charge in [-0.2, -0.15) is 0 Å². The fourth-order valence-electron chi connectivity index (χ4n) is 2.66. The Bertz CT molecular complexity index is 547. The Morgan fingerprint density at radius 3 is 2.75 bits per heavy atom. The minimum Gasteiger partial charge on any atom is -0.378 e. The normalized spacial score (nSPS) is 18.1. The standard InChI is InChI=1S/C17H26N4O3/c1-2-3-8-21-9-10-24-12-15(21)16(22)19-11-13-4-6-14(7-5-13)20-17(18)23/h4-7,15H,2-3,8-12H2,1H3,(H,19,22)(H3,18,20,23)/t15-/m0/s1. The number of benzene rings is 1. The van der Waals surface area contributed by atoms with Crippen LogP contribution in [0.3, 0.4) is 0 Å². The molecule has 1 aromatic rings. The molecule has 0 saturated carbocycles. The van der Waals surface area contributed by atoms with E-state index in [1.807, 2.05) is 12.1 Å². The summed E-state index contributed by atoms with van der Waals surface area (Å²) in [6, 6.07) is 6.38. The zero-order valence-electron chi connectivity index (χ0n) is 14.1. The molecule has 4 N–H and O–H groups in total. The number of primary amides is 1. The lowest BCUT2D eigenvalue weighted by Gasteiger charge is -2.34. The van der Waals surface area contributed by atoms with Crippen LogP contribution in [0.2, 0.25) is 0 Å². The van der Waals surface area contributed by atoms with E-state index >= 15 is 0 Å². The predicted molar refractivity (Wildman–Crippen MR) is 92.6 cm³/mol. The van der Waals surface area contributed by atoms with Crippen LogP contribution in [0.4, 0.5) is 10.5 Å². The first kappa shape index (κ1) is 18.2. The summed E-state index contributed by atoms with van der Waals surface area (Å²) >= 11 is 0. The van der Waals surface area contributed by atoms with Crippen molar-refractivity contribution >= 4 is 17.6 Å². The van der Waals surface area contributed by atoms with Gasteiger partial charge in [0.25, 0.3) is 0 Å². The van der Waals surface area contributed by atoms with Gasteiger partial charge in [-0.3, -0.25) is 9.69 Å². The van der Waals surface area contributed by atoms with E-state index in [2.05, 4.69) is 22.5 Å². The summed E-state index contributed by atoms with van der Waals surface area (Å²) in [7, 11) is 0. The molecule has 132 valence electrons. The van der Waals surface area contributed by atoms with Crippen molar-refractivity contribution in [2.24, 2.45) is 5.73 Å². The lowest BCUT2D eigenvalue weighted by atomic mass is 10.1. The molecule has 0 bridgehead atoms. The maximum atomic E-state index is 12.5. The van der Waals surface area contributed by atoms with E-state index in [1.54, 1.807) is 12.1 Å². The van der Waals surface area contributed by atoms with Crippen molar-refractivity contribution in [2.75, 3.05) is 31.6 Å².